The number of nitrogens with one attached hydrogen (secondary N) is 2. The Labute approximate surface area is 143 Å². The van der Waals surface area contributed by atoms with Crippen LogP contribution in [0.5, 0.6) is 0 Å². The molecule has 0 spiro atoms. The first-order chi connectivity index (χ1) is 9.99. The Morgan fingerprint density at radius 1 is 0.905 bits per heavy atom. The summed E-state index contributed by atoms with van der Waals surface area (Å²) in [6.45, 7) is 0. The smallest absolute Gasteiger partial charge is 0.267 e. The summed E-state index contributed by atoms with van der Waals surface area (Å²) < 4.78 is 1.35. The molecular weight excluding hydrogens is 423 g/mol. The van der Waals surface area contributed by atoms with Gasteiger partial charge in [-0.1, -0.05) is 39.7 Å². The van der Waals surface area contributed by atoms with Gasteiger partial charge < -0.3 is 0 Å². The van der Waals surface area contributed by atoms with Crippen LogP contribution in [0, 0.1) is 0 Å². The lowest BCUT2D eigenvalue weighted by Gasteiger charge is -2.09. The lowest BCUT2D eigenvalue weighted by atomic mass is 10.2. The number of hydrogen-bond donors (Lipinski definition) is 2. The third-order valence-corrected chi connectivity index (χ3v) is 4.10. The van der Waals surface area contributed by atoms with Crippen LogP contribution in [0.4, 0.5) is 0 Å². The van der Waals surface area contributed by atoms with Crippen LogP contribution >= 0.6 is 43.5 Å². The molecule has 108 valence electrons. The topological polar surface area (TPSA) is 58.2 Å². The van der Waals surface area contributed by atoms with Crippen LogP contribution in [0.1, 0.15) is 20.7 Å². The molecule has 0 atom stereocenters. The molecule has 2 amide bonds. The van der Waals surface area contributed by atoms with E-state index in [4.69, 9.17) is 11.6 Å². The molecule has 0 aliphatic carbocycles. The highest BCUT2D eigenvalue weighted by Crippen LogP contribution is 2.20. The van der Waals surface area contributed by atoms with Crippen LogP contribution < -0.4 is 10.9 Å². The third kappa shape index (κ3) is 4.06. The van der Waals surface area contributed by atoms with Crippen molar-refractivity contribution in [3.8, 4) is 0 Å². The number of carbonyl (C=O) groups excluding carboxylic acids is 2. The Morgan fingerprint density at radius 2 is 1.52 bits per heavy atom. The number of halogens is 3. The molecule has 0 saturated heterocycles. The summed E-state index contributed by atoms with van der Waals surface area (Å²) in [5.41, 5.74) is 5.35. The van der Waals surface area contributed by atoms with Crippen molar-refractivity contribution in [2.75, 3.05) is 0 Å². The van der Waals surface area contributed by atoms with Gasteiger partial charge in [0.1, 0.15) is 0 Å². The van der Waals surface area contributed by atoms with E-state index in [1.54, 1.807) is 42.5 Å². The number of benzene rings is 2. The molecular formula is C14H9Br2ClN2O2. The van der Waals surface area contributed by atoms with Gasteiger partial charge in [-0.3, -0.25) is 20.4 Å². The lowest BCUT2D eigenvalue weighted by molar-refractivity contribution is 0.0846. The summed E-state index contributed by atoms with van der Waals surface area (Å²) in [7, 11) is 0. The first-order valence-corrected chi connectivity index (χ1v) is 7.75. The van der Waals surface area contributed by atoms with E-state index in [1.807, 2.05) is 0 Å². The molecule has 2 N–H and O–H groups in total. The van der Waals surface area contributed by atoms with Gasteiger partial charge in [-0.15, -0.1) is 0 Å². The molecule has 0 radical (unpaired) electrons. The normalized spacial score (nSPS) is 10.0. The summed E-state index contributed by atoms with van der Waals surface area (Å²) in [4.78, 5) is 24.0. The zero-order chi connectivity index (χ0) is 15.4. The molecule has 0 unspecified atom stereocenters. The van der Waals surface area contributed by atoms with Gasteiger partial charge in [0.15, 0.2) is 0 Å². The summed E-state index contributed by atoms with van der Waals surface area (Å²) >= 11 is 12.5. The Bertz CT molecular complexity index is 707. The fourth-order valence-electron chi connectivity index (χ4n) is 1.57. The van der Waals surface area contributed by atoms with Gasteiger partial charge in [0, 0.05) is 8.95 Å². The van der Waals surface area contributed by atoms with E-state index in [2.05, 4.69) is 42.7 Å². The minimum absolute atomic E-state index is 0.262. The molecule has 0 aliphatic rings. The second-order valence-electron chi connectivity index (χ2n) is 4.01. The molecule has 7 heteroatoms. The van der Waals surface area contributed by atoms with Gasteiger partial charge in [0.2, 0.25) is 0 Å². The summed E-state index contributed by atoms with van der Waals surface area (Å²) in [6, 6.07) is 11.8. The molecule has 0 aliphatic heterocycles. The molecule has 2 aromatic carbocycles. The molecule has 0 heterocycles. The number of hydrogen-bond acceptors (Lipinski definition) is 2. The molecule has 4 nitrogen and oxygen atoms in total. The van der Waals surface area contributed by atoms with Gasteiger partial charge in [0.05, 0.1) is 16.1 Å². The predicted octanol–water partition coefficient (Wildman–Crippen LogP) is 3.94. The van der Waals surface area contributed by atoms with Crippen molar-refractivity contribution in [3.63, 3.8) is 0 Å². The van der Waals surface area contributed by atoms with Gasteiger partial charge in [-0.2, -0.15) is 0 Å². The van der Waals surface area contributed by atoms with Crippen LogP contribution in [0.25, 0.3) is 0 Å². The van der Waals surface area contributed by atoms with Gasteiger partial charge >= 0.3 is 0 Å². The van der Waals surface area contributed by atoms with Crippen LogP contribution in [0.3, 0.4) is 0 Å². The average molecular weight is 432 g/mol. The van der Waals surface area contributed by atoms with E-state index in [0.717, 1.165) is 0 Å². The zero-order valence-electron chi connectivity index (χ0n) is 10.5. The van der Waals surface area contributed by atoms with Crippen molar-refractivity contribution < 1.29 is 9.59 Å². The summed E-state index contributed by atoms with van der Waals surface area (Å²) in [5.74, 6) is -0.927. The second-order valence-corrected chi connectivity index (χ2v) is 6.19. The maximum atomic E-state index is 12.0. The Kier molecular flexibility index (Phi) is 5.39. The van der Waals surface area contributed by atoms with E-state index in [0.29, 0.717) is 19.5 Å². The van der Waals surface area contributed by atoms with Crippen molar-refractivity contribution in [2.24, 2.45) is 0 Å². The molecule has 0 aromatic heterocycles. The van der Waals surface area contributed by atoms with Crippen molar-refractivity contribution in [1.29, 1.82) is 0 Å². The van der Waals surface area contributed by atoms with Crippen LogP contribution in [-0.2, 0) is 0 Å². The highest BCUT2D eigenvalue weighted by molar-refractivity contribution is 9.10. The number of hydrazine groups is 1. The summed E-state index contributed by atoms with van der Waals surface area (Å²) in [6.07, 6.45) is 0. The maximum Gasteiger partial charge on any atom is 0.271 e. The van der Waals surface area contributed by atoms with Crippen molar-refractivity contribution in [1.82, 2.24) is 10.9 Å². The SMILES string of the molecule is O=C(NNC(=O)c1ccccc1Br)c1cc(Br)ccc1Cl. The van der Waals surface area contributed by atoms with E-state index in [9.17, 15) is 9.59 Å². The van der Waals surface area contributed by atoms with Crippen molar-refractivity contribution in [3.05, 3.63) is 67.6 Å². The van der Waals surface area contributed by atoms with Crippen LogP contribution in [0.15, 0.2) is 51.4 Å². The average Bonchev–Trinajstić information content (AvgIpc) is 2.47. The van der Waals surface area contributed by atoms with Crippen molar-refractivity contribution >= 4 is 55.3 Å². The largest absolute Gasteiger partial charge is 0.271 e. The molecule has 21 heavy (non-hydrogen) atoms. The Hall–Kier alpha value is -1.37. The van der Waals surface area contributed by atoms with Crippen LogP contribution in [0.2, 0.25) is 5.02 Å². The van der Waals surface area contributed by atoms with Gasteiger partial charge in [0.25, 0.3) is 11.8 Å². The number of amides is 2. The molecule has 0 fully saturated rings. The Balaban J connectivity index is 2.06. The maximum absolute atomic E-state index is 12.0. The Morgan fingerprint density at radius 3 is 2.19 bits per heavy atom. The zero-order valence-corrected chi connectivity index (χ0v) is 14.4. The second kappa shape index (κ2) is 7.06. The monoisotopic (exact) mass is 430 g/mol. The molecule has 0 bridgehead atoms. The minimum Gasteiger partial charge on any atom is -0.267 e. The first kappa shape index (κ1) is 16.0. The van der Waals surface area contributed by atoms with E-state index < -0.39 is 11.8 Å². The summed E-state index contributed by atoms with van der Waals surface area (Å²) in [5, 5.41) is 0.297. The number of rotatable bonds is 2. The predicted molar refractivity (Wildman–Crippen MR) is 88.2 cm³/mol. The third-order valence-electron chi connectivity index (χ3n) is 2.58. The highest BCUT2D eigenvalue weighted by atomic mass is 79.9. The fourth-order valence-corrected chi connectivity index (χ4v) is 2.59. The first-order valence-electron chi connectivity index (χ1n) is 5.79. The quantitative estimate of drug-likeness (QED) is 0.707. The highest BCUT2D eigenvalue weighted by Gasteiger charge is 2.13. The van der Waals surface area contributed by atoms with E-state index in [1.165, 1.54) is 0 Å². The minimum atomic E-state index is -0.498. The molecule has 2 rings (SSSR count). The van der Waals surface area contributed by atoms with Crippen molar-refractivity contribution in [2.45, 2.75) is 0 Å². The van der Waals surface area contributed by atoms with Gasteiger partial charge in [-0.25, -0.2) is 0 Å². The number of carbonyl (C=O) groups is 2. The van der Waals surface area contributed by atoms with Crippen LogP contribution in [-0.4, -0.2) is 11.8 Å². The standard InChI is InChI=1S/C14H9Br2ClN2O2/c15-8-5-6-12(17)10(7-8)14(21)19-18-13(20)9-3-1-2-4-11(9)16/h1-7H,(H,18,20)(H,19,21). The molecule has 0 saturated carbocycles. The van der Waals surface area contributed by atoms with Gasteiger partial charge in [-0.05, 0) is 46.3 Å². The molecule has 2 aromatic rings. The van der Waals surface area contributed by atoms with E-state index >= 15 is 0 Å². The lowest BCUT2D eigenvalue weighted by Crippen LogP contribution is -2.41. The fraction of sp³-hybridized carbons (Fsp3) is 0. The van der Waals surface area contributed by atoms with E-state index in [-0.39, 0.29) is 5.56 Å².